The molecule has 3 aromatic carbocycles. The summed E-state index contributed by atoms with van der Waals surface area (Å²) >= 11 is 0. The number of ether oxygens (including phenoxy) is 3. The van der Waals surface area contributed by atoms with E-state index in [9.17, 15) is 4.79 Å². The lowest BCUT2D eigenvalue weighted by molar-refractivity contribution is -0.141. The summed E-state index contributed by atoms with van der Waals surface area (Å²) in [7, 11) is -0.497. The number of hydrogen-bond acceptors (Lipinski definition) is 5. The third kappa shape index (κ3) is 5.38. The van der Waals surface area contributed by atoms with E-state index in [1.165, 1.54) is 40.5 Å². The average molecular weight is 559 g/mol. The van der Waals surface area contributed by atoms with Crippen LogP contribution in [-0.2, 0) is 16.0 Å². The highest BCUT2D eigenvalue weighted by Crippen LogP contribution is 2.45. The quantitative estimate of drug-likeness (QED) is 0.215. The summed E-state index contributed by atoms with van der Waals surface area (Å²) in [5.74, 6) is 2.37. The van der Waals surface area contributed by atoms with E-state index >= 15 is 0 Å². The molecule has 6 heteroatoms. The van der Waals surface area contributed by atoms with Crippen LogP contribution in [0.4, 0.5) is 0 Å². The van der Waals surface area contributed by atoms with E-state index < -0.39 is 8.32 Å². The van der Waals surface area contributed by atoms with Gasteiger partial charge in [-0.25, -0.2) is 0 Å². The second-order valence-electron chi connectivity index (χ2n) is 12.8. The summed E-state index contributed by atoms with van der Waals surface area (Å²) in [5, 5.41) is 0.151. The third-order valence-corrected chi connectivity index (χ3v) is 13.3. The van der Waals surface area contributed by atoms with Gasteiger partial charge in [-0.1, -0.05) is 45.0 Å². The minimum absolute atomic E-state index is 0.0120. The van der Waals surface area contributed by atoms with Crippen molar-refractivity contribution in [1.82, 2.24) is 0 Å². The molecule has 0 saturated carbocycles. The molecule has 0 N–H and O–H groups in total. The highest BCUT2D eigenvalue weighted by Gasteiger charge is 2.39. The van der Waals surface area contributed by atoms with Crippen molar-refractivity contribution in [3.63, 3.8) is 0 Å². The van der Waals surface area contributed by atoms with Crippen LogP contribution in [-0.4, -0.2) is 28.0 Å². The van der Waals surface area contributed by atoms with Gasteiger partial charge in [0, 0.05) is 17.5 Å². The number of fused-ring (bicyclic) bond motifs is 2. The second kappa shape index (κ2) is 10.6. The topological polar surface area (TPSA) is 54.0 Å². The Morgan fingerprint density at radius 1 is 1.00 bits per heavy atom. The first-order valence-corrected chi connectivity index (χ1v) is 17.2. The van der Waals surface area contributed by atoms with Gasteiger partial charge in [-0.15, -0.1) is 0 Å². The van der Waals surface area contributed by atoms with Gasteiger partial charge in [0.15, 0.2) is 0 Å². The number of hydrogen-bond donors (Lipinski definition) is 0. The molecule has 1 aliphatic heterocycles. The zero-order chi connectivity index (χ0) is 28.8. The van der Waals surface area contributed by atoms with Crippen molar-refractivity contribution < 1.29 is 23.4 Å². The molecule has 0 spiro atoms. The van der Waals surface area contributed by atoms with E-state index in [-0.39, 0.29) is 23.0 Å². The molecule has 40 heavy (non-hydrogen) atoms. The zero-order valence-electron chi connectivity index (χ0n) is 25.1. The van der Waals surface area contributed by atoms with Crippen LogP contribution < -0.4 is 13.9 Å². The van der Waals surface area contributed by atoms with E-state index in [1.54, 1.807) is 0 Å². The van der Waals surface area contributed by atoms with Crippen molar-refractivity contribution in [3.05, 3.63) is 76.3 Å². The molecule has 2 aliphatic rings. The molecule has 1 aliphatic carbocycles. The zero-order valence-corrected chi connectivity index (χ0v) is 26.1. The number of benzene rings is 3. The summed E-state index contributed by atoms with van der Waals surface area (Å²) < 4.78 is 23.9. The lowest BCUT2D eigenvalue weighted by Crippen LogP contribution is -2.43. The maximum atomic E-state index is 11.8. The Labute approximate surface area is 239 Å². The number of carbonyl (C=O) groups excluding carboxylic acids is 1. The maximum absolute atomic E-state index is 11.8. The first kappa shape index (κ1) is 28.3. The molecule has 0 radical (unpaired) electrons. The van der Waals surface area contributed by atoms with Gasteiger partial charge in [0.25, 0.3) is 0 Å². The van der Waals surface area contributed by atoms with E-state index in [1.807, 2.05) is 18.2 Å². The molecule has 1 heterocycles. The van der Waals surface area contributed by atoms with Gasteiger partial charge in [-0.05, 0) is 96.4 Å². The Balaban J connectivity index is 1.38. The first-order chi connectivity index (χ1) is 18.9. The predicted molar refractivity (Wildman–Crippen MR) is 162 cm³/mol. The second-order valence-corrected chi connectivity index (χ2v) is 17.5. The van der Waals surface area contributed by atoms with Crippen molar-refractivity contribution >= 4 is 14.3 Å². The SMILES string of the molecule is COC(=O)CC1COc2cc(OC3CCc4c(-c5c(C)cc(O[Si](C)(C)C(C)(C)C)cc5C)cccc43)ccc21. The van der Waals surface area contributed by atoms with E-state index in [2.05, 4.69) is 78.0 Å². The summed E-state index contributed by atoms with van der Waals surface area (Å²) in [6, 6.07) is 17.0. The summed E-state index contributed by atoms with van der Waals surface area (Å²) in [6.45, 7) is 16.3. The molecule has 3 aromatic rings. The molecule has 0 fully saturated rings. The van der Waals surface area contributed by atoms with Crippen LogP contribution in [0.3, 0.4) is 0 Å². The van der Waals surface area contributed by atoms with Crippen molar-refractivity contribution in [3.8, 4) is 28.4 Å². The Morgan fingerprint density at radius 3 is 2.40 bits per heavy atom. The molecule has 5 nitrogen and oxygen atoms in total. The number of carbonyl (C=O) groups is 1. The van der Waals surface area contributed by atoms with E-state index in [0.29, 0.717) is 13.0 Å². The molecule has 0 amide bonds. The fourth-order valence-corrected chi connectivity index (χ4v) is 6.79. The molecular weight excluding hydrogens is 516 g/mol. The van der Waals surface area contributed by atoms with Gasteiger partial charge in [0.05, 0.1) is 20.1 Å². The Kier molecular flexibility index (Phi) is 7.51. The molecule has 0 aromatic heterocycles. The highest BCUT2D eigenvalue weighted by molar-refractivity contribution is 6.74. The first-order valence-electron chi connectivity index (χ1n) is 14.3. The maximum Gasteiger partial charge on any atom is 0.306 e. The standard InChI is InChI=1S/C34H42O5Si/c1-21-16-25(39-40(7,8)34(3,4)5)17-22(2)33(21)29-11-9-10-28-27(29)14-15-30(28)38-24-12-13-26-23(18-32(35)36-6)20-37-31(26)19-24/h9-13,16-17,19,23,30H,14-15,18,20H2,1-8H3. The van der Waals surface area contributed by atoms with Crippen LogP contribution in [0.15, 0.2) is 48.5 Å². The van der Waals surface area contributed by atoms with Crippen molar-refractivity contribution in [2.75, 3.05) is 13.7 Å². The van der Waals surface area contributed by atoms with Gasteiger partial charge >= 0.3 is 5.97 Å². The van der Waals surface area contributed by atoms with Crippen LogP contribution in [0.25, 0.3) is 11.1 Å². The third-order valence-electron chi connectivity index (χ3n) is 8.95. The highest BCUT2D eigenvalue weighted by atomic mass is 28.4. The Bertz CT molecular complexity index is 1410. The van der Waals surface area contributed by atoms with Crippen LogP contribution in [0.5, 0.6) is 17.2 Å². The molecule has 0 bridgehead atoms. The lowest BCUT2D eigenvalue weighted by Gasteiger charge is -2.36. The molecule has 2 unspecified atom stereocenters. The Morgan fingerprint density at radius 2 is 1.73 bits per heavy atom. The van der Waals surface area contributed by atoms with Crippen molar-refractivity contribution in [1.29, 1.82) is 0 Å². The Hall–Kier alpha value is -3.25. The summed E-state index contributed by atoms with van der Waals surface area (Å²) in [6.07, 6.45) is 2.21. The van der Waals surface area contributed by atoms with E-state index in [0.717, 1.165) is 35.7 Å². The molecule has 5 rings (SSSR count). The van der Waals surface area contributed by atoms with Gasteiger partial charge in [0.1, 0.15) is 23.4 Å². The normalized spacial score (nSPS) is 18.1. The number of methoxy groups -OCH3 is 1. The van der Waals surface area contributed by atoms with Crippen LogP contribution in [0, 0.1) is 13.8 Å². The molecule has 2 atom stereocenters. The van der Waals surface area contributed by atoms with Gasteiger partial charge in [-0.2, -0.15) is 0 Å². The average Bonchev–Trinajstić information content (AvgIpc) is 3.47. The summed E-state index contributed by atoms with van der Waals surface area (Å²) in [5.41, 5.74) is 8.73. The largest absolute Gasteiger partial charge is 0.543 e. The van der Waals surface area contributed by atoms with Crippen LogP contribution in [0.1, 0.15) is 73.5 Å². The fraction of sp³-hybridized carbons (Fsp3) is 0.441. The van der Waals surface area contributed by atoms with Gasteiger partial charge in [-0.3, -0.25) is 4.79 Å². The van der Waals surface area contributed by atoms with E-state index in [4.69, 9.17) is 18.6 Å². The molecule has 212 valence electrons. The minimum atomic E-state index is -1.92. The number of esters is 1. The van der Waals surface area contributed by atoms with Crippen molar-refractivity contribution in [2.45, 2.75) is 84.0 Å². The lowest BCUT2D eigenvalue weighted by atomic mass is 9.90. The number of rotatable bonds is 7. The van der Waals surface area contributed by atoms with Gasteiger partial charge in [0.2, 0.25) is 8.32 Å². The van der Waals surface area contributed by atoms with Crippen LogP contribution in [0.2, 0.25) is 18.1 Å². The van der Waals surface area contributed by atoms with Crippen LogP contribution >= 0.6 is 0 Å². The monoisotopic (exact) mass is 558 g/mol. The minimum Gasteiger partial charge on any atom is -0.543 e. The summed E-state index contributed by atoms with van der Waals surface area (Å²) in [4.78, 5) is 11.8. The fourth-order valence-electron chi connectivity index (χ4n) is 5.78. The number of aryl methyl sites for hydroxylation is 2. The molecule has 0 saturated heterocycles. The van der Waals surface area contributed by atoms with Gasteiger partial charge < -0.3 is 18.6 Å². The smallest absolute Gasteiger partial charge is 0.306 e. The predicted octanol–water partition coefficient (Wildman–Crippen LogP) is 8.46. The molecular formula is C34H42O5Si. The van der Waals surface area contributed by atoms with Crippen molar-refractivity contribution in [2.24, 2.45) is 0 Å².